The van der Waals surface area contributed by atoms with Crippen LogP contribution >= 0.6 is 0 Å². The third kappa shape index (κ3) is 7.87. The molecule has 0 aliphatic heterocycles. The number of ether oxygens (including phenoxy) is 1. The van der Waals surface area contributed by atoms with E-state index in [9.17, 15) is 9.59 Å². The molecule has 0 aromatic heterocycles. The third-order valence-corrected chi connectivity index (χ3v) is 2.42. The summed E-state index contributed by atoms with van der Waals surface area (Å²) in [5.74, 6) is -0.402. The Morgan fingerprint density at radius 2 is 1.94 bits per heavy atom. The van der Waals surface area contributed by atoms with E-state index in [4.69, 9.17) is 4.74 Å². The molecule has 4 nitrogen and oxygen atoms in total. The van der Waals surface area contributed by atoms with Crippen LogP contribution in [0, 0.1) is 5.41 Å². The molecule has 1 amide bonds. The van der Waals surface area contributed by atoms with Crippen LogP contribution in [-0.2, 0) is 14.3 Å². The van der Waals surface area contributed by atoms with Crippen molar-refractivity contribution in [2.75, 3.05) is 19.7 Å². The van der Waals surface area contributed by atoms with Crippen LogP contribution in [-0.4, -0.2) is 36.5 Å². The molecule has 0 saturated carbocycles. The molecule has 0 fully saturated rings. The molecule has 0 aliphatic rings. The zero-order chi connectivity index (χ0) is 14.2. The normalized spacial score (nSPS) is 10.9. The molecule has 0 heterocycles. The van der Waals surface area contributed by atoms with E-state index in [0.29, 0.717) is 19.6 Å². The van der Waals surface area contributed by atoms with Crippen molar-refractivity contribution in [3.05, 3.63) is 12.7 Å². The first kappa shape index (κ1) is 16.7. The number of hydrogen-bond acceptors (Lipinski definition) is 3. The number of esters is 1. The molecule has 4 heteroatoms. The lowest BCUT2D eigenvalue weighted by molar-refractivity contribution is -0.148. The third-order valence-electron chi connectivity index (χ3n) is 2.42. The van der Waals surface area contributed by atoms with Gasteiger partial charge < -0.3 is 9.64 Å². The maximum atomic E-state index is 12.0. The highest BCUT2D eigenvalue weighted by atomic mass is 16.5. The summed E-state index contributed by atoms with van der Waals surface area (Å²) >= 11 is 0. The number of nitrogens with zero attached hydrogens (tertiary/aromatic N) is 1. The first-order valence-electron chi connectivity index (χ1n) is 6.34. The lowest BCUT2D eigenvalue weighted by Crippen LogP contribution is -2.36. The van der Waals surface area contributed by atoms with E-state index < -0.39 is 0 Å². The van der Waals surface area contributed by atoms with Gasteiger partial charge in [0.2, 0.25) is 5.91 Å². The fourth-order valence-corrected chi connectivity index (χ4v) is 1.41. The van der Waals surface area contributed by atoms with Gasteiger partial charge in [0.25, 0.3) is 0 Å². The van der Waals surface area contributed by atoms with Crippen molar-refractivity contribution in [1.82, 2.24) is 4.90 Å². The van der Waals surface area contributed by atoms with E-state index in [1.165, 1.54) is 4.90 Å². The molecule has 0 bridgehead atoms. The van der Waals surface area contributed by atoms with Crippen LogP contribution < -0.4 is 0 Å². The quantitative estimate of drug-likeness (QED) is 0.518. The van der Waals surface area contributed by atoms with Crippen molar-refractivity contribution >= 4 is 11.9 Å². The van der Waals surface area contributed by atoms with Crippen LogP contribution in [0.15, 0.2) is 12.7 Å². The minimum absolute atomic E-state index is 0.00281. The Morgan fingerprint density at radius 1 is 1.33 bits per heavy atom. The molecular weight excluding hydrogens is 230 g/mol. The molecule has 0 atom stereocenters. The Balaban J connectivity index is 4.35. The van der Waals surface area contributed by atoms with Gasteiger partial charge in [-0.1, -0.05) is 26.8 Å². The second-order valence-corrected chi connectivity index (χ2v) is 5.43. The summed E-state index contributed by atoms with van der Waals surface area (Å²) in [6.07, 6.45) is 2.85. The van der Waals surface area contributed by atoms with E-state index in [-0.39, 0.29) is 23.8 Å². The van der Waals surface area contributed by atoms with Crippen LogP contribution in [0.1, 0.15) is 40.5 Å². The smallest absolute Gasteiger partial charge is 0.325 e. The lowest BCUT2D eigenvalue weighted by Gasteiger charge is -2.23. The fraction of sp³-hybridized carbons (Fsp3) is 0.714. The number of rotatable bonds is 7. The molecule has 0 radical (unpaired) electrons. The van der Waals surface area contributed by atoms with Crippen molar-refractivity contribution in [2.24, 2.45) is 5.41 Å². The minimum atomic E-state index is -0.372. The summed E-state index contributed by atoms with van der Waals surface area (Å²) in [4.78, 5) is 24.9. The number of carbonyl (C=O) groups excluding carboxylic acids is 2. The van der Waals surface area contributed by atoms with E-state index in [2.05, 4.69) is 27.4 Å². The van der Waals surface area contributed by atoms with Gasteiger partial charge in [-0.05, 0) is 18.8 Å². The second kappa shape index (κ2) is 7.90. The van der Waals surface area contributed by atoms with Gasteiger partial charge in [-0.25, -0.2) is 0 Å². The number of hydrogen-bond donors (Lipinski definition) is 0. The maximum Gasteiger partial charge on any atom is 0.325 e. The molecule has 0 aromatic rings. The Labute approximate surface area is 110 Å². The number of carbonyl (C=O) groups is 2. The Morgan fingerprint density at radius 3 is 2.39 bits per heavy atom. The Hall–Kier alpha value is -1.32. The molecule has 0 aliphatic carbocycles. The largest absolute Gasteiger partial charge is 0.465 e. The van der Waals surface area contributed by atoms with Crippen molar-refractivity contribution in [1.29, 1.82) is 0 Å². The Bertz CT molecular complexity index is 292. The molecule has 0 rings (SSSR count). The zero-order valence-electron chi connectivity index (χ0n) is 12.0. The summed E-state index contributed by atoms with van der Waals surface area (Å²) in [6.45, 7) is 12.3. The van der Waals surface area contributed by atoms with Gasteiger partial charge in [0.15, 0.2) is 0 Å². The lowest BCUT2D eigenvalue weighted by atomic mass is 9.90. The van der Waals surface area contributed by atoms with Gasteiger partial charge in [-0.3, -0.25) is 9.59 Å². The Kier molecular flexibility index (Phi) is 7.32. The molecule has 0 N–H and O–H groups in total. The predicted octanol–water partition coefficient (Wildman–Crippen LogP) is 2.39. The first-order valence-corrected chi connectivity index (χ1v) is 6.34. The molecule has 0 unspecified atom stereocenters. The second-order valence-electron chi connectivity index (χ2n) is 5.43. The molecule has 18 heavy (non-hydrogen) atoms. The summed E-state index contributed by atoms with van der Waals surface area (Å²) in [6, 6.07) is 0. The van der Waals surface area contributed by atoms with E-state index in [0.717, 1.165) is 6.42 Å². The van der Waals surface area contributed by atoms with Gasteiger partial charge in [-0.2, -0.15) is 0 Å². The highest BCUT2D eigenvalue weighted by Gasteiger charge is 2.19. The summed E-state index contributed by atoms with van der Waals surface area (Å²) in [5, 5.41) is 0. The summed E-state index contributed by atoms with van der Waals surface area (Å²) < 4.78 is 4.85. The monoisotopic (exact) mass is 255 g/mol. The van der Waals surface area contributed by atoms with Crippen LogP contribution in [0.5, 0.6) is 0 Å². The van der Waals surface area contributed by atoms with E-state index in [1.54, 1.807) is 13.0 Å². The summed E-state index contributed by atoms with van der Waals surface area (Å²) in [5.41, 5.74) is 0.111. The van der Waals surface area contributed by atoms with Crippen molar-refractivity contribution in [3.8, 4) is 0 Å². The van der Waals surface area contributed by atoms with Gasteiger partial charge in [-0.15, -0.1) is 6.58 Å². The van der Waals surface area contributed by atoms with Crippen molar-refractivity contribution < 1.29 is 14.3 Å². The zero-order valence-corrected chi connectivity index (χ0v) is 12.0. The van der Waals surface area contributed by atoms with Gasteiger partial charge in [0.1, 0.15) is 6.54 Å². The van der Waals surface area contributed by atoms with Crippen LogP contribution in [0.4, 0.5) is 0 Å². The standard InChI is InChI=1S/C14H25NO3/c1-6-10-15(11-13(17)18-7-2)12(16)8-9-14(3,4)5/h6H,1,7-11H2,2-5H3. The van der Waals surface area contributed by atoms with Gasteiger partial charge in [0.05, 0.1) is 6.61 Å². The fourth-order valence-electron chi connectivity index (χ4n) is 1.41. The predicted molar refractivity (Wildman–Crippen MR) is 72.1 cm³/mol. The SMILES string of the molecule is C=CCN(CC(=O)OCC)C(=O)CCC(C)(C)C. The highest BCUT2D eigenvalue weighted by Crippen LogP contribution is 2.21. The first-order chi connectivity index (χ1) is 8.30. The average Bonchev–Trinajstić information content (AvgIpc) is 2.24. The van der Waals surface area contributed by atoms with Crippen LogP contribution in [0.2, 0.25) is 0 Å². The maximum absolute atomic E-state index is 12.0. The number of amides is 1. The van der Waals surface area contributed by atoms with Gasteiger partial charge >= 0.3 is 5.97 Å². The molecule has 0 aromatic carbocycles. The van der Waals surface area contributed by atoms with Crippen molar-refractivity contribution in [3.63, 3.8) is 0 Å². The molecule has 0 spiro atoms. The molecule has 104 valence electrons. The molecule has 0 saturated heterocycles. The van der Waals surface area contributed by atoms with E-state index in [1.807, 2.05) is 0 Å². The summed E-state index contributed by atoms with van der Waals surface area (Å²) in [7, 11) is 0. The van der Waals surface area contributed by atoms with Crippen molar-refractivity contribution in [2.45, 2.75) is 40.5 Å². The topological polar surface area (TPSA) is 46.6 Å². The minimum Gasteiger partial charge on any atom is -0.465 e. The highest BCUT2D eigenvalue weighted by molar-refractivity contribution is 5.82. The average molecular weight is 255 g/mol. The van der Waals surface area contributed by atoms with Crippen LogP contribution in [0.3, 0.4) is 0 Å². The van der Waals surface area contributed by atoms with E-state index >= 15 is 0 Å². The van der Waals surface area contributed by atoms with Gasteiger partial charge in [0, 0.05) is 13.0 Å². The molecular formula is C14H25NO3. The van der Waals surface area contributed by atoms with Crippen LogP contribution in [0.25, 0.3) is 0 Å².